The summed E-state index contributed by atoms with van der Waals surface area (Å²) >= 11 is 10.3. The monoisotopic (exact) mass is 453 g/mol. The molecule has 1 fully saturated rings. The number of aromatic nitrogens is 2. The molecule has 4 nitrogen and oxygen atoms in total. The van der Waals surface area contributed by atoms with E-state index in [1.807, 2.05) is 17.5 Å². The predicted octanol–water partition coefficient (Wildman–Crippen LogP) is 6.13. The average Bonchev–Trinajstić information content (AvgIpc) is 3.43. The molecule has 1 saturated carbocycles. The van der Waals surface area contributed by atoms with Gasteiger partial charge in [0.25, 0.3) is 0 Å². The summed E-state index contributed by atoms with van der Waals surface area (Å²) in [5.74, 6) is 0.00203. The number of halogens is 2. The van der Waals surface area contributed by atoms with E-state index >= 15 is 0 Å². The molecule has 1 aliphatic rings. The molecule has 0 atom stereocenters. The maximum absolute atomic E-state index is 13.9. The first-order valence-corrected chi connectivity index (χ1v) is 11.9. The van der Waals surface area contributed by atoms with Crippen molar-refractivity contribution in [1.29, 1.82) is 0 Å². The Bertz CT molecular complexity index is 950. The molecule has 0 aliphatic heterocycles. The van der Waals surface area contributed by atoms with Gasteiger partial charge in [-0.15, -0.1) is 21.5 Å². The number of thioether (sulfide) groups is 1. The summed E-state index contributed by atoms with van der Waals surface area (Å²) in [6.45, 7) is 0. The number of benzene rings is 1. The van der Waals surface area contributed by atoms with Gasteiger partial charge in [0.2, 0.25) is 11.0 Å². The van der Waals surface area contributed by atoms with Crippen molar-refractivity contribution in [2.24, 2.45) is 0 Å². The minimum atomic E-state index is -0.464. The third kappa shape index (κ3) is 3.96. The Morgan fingerprint density at radius 1 is 1.25 bits per heavy atom. The van der Waals surface area contributed by atoms with Crippen LogP contribution in [0.3, 0.4) is 0 Å². The van der Waals surface area contributed by atoms with E-state index in [4.69, 9.17) is 11.6 Å². The van der Waals surface area contributed by atoms with Crippen molar-refractivity contribution >= 4 is 57.1 Å². The van der Waals surface area contributed by atoms with Gasteiger partial charge in [0.1, 0.15) is 5.82 Å². The van der Waals surface area contributed by atoms with Crippen LogP contribution < -0.4 is 5.32 Å². The summed E-state index contributed by atoms with van der Waals surface area (Å²) in [7, 11) is 0. The van der Waals surface area contributed by atoms with Crippen LogP contribution in [-0.4, -0.2) is 16.1 Å². The molecule has 0 radical (unpaired) electrons. The summed E-state index contributed by atoms with van der Waals surface area (Å²) in [6, 6.07) is 8.66. The molecular weight excluding hydrogens is 437 g/mol. The van der Waals surface area contributed by atoms with Gasteiger partial charge in [-0.25, -0.2) is 4.39 Å². The second-order valence-electron chi connectivity index (χ2n) is 6.58. The third-order valence-electron chi connectivity index (χ3n) is 4.91. The average molecular weight is 454 g/mol. The number of carbonyl (C=O) groups excluding carboxylic acids is 1. The normalized spacial score (nSPS) is 15.6. The zero-order valence-electron chi connectivity index (χ0n) is 14.8. The van der Waals surface area contributed by atoms with Crippen LogP contribution in [0, 0.1) is 5.82 Å². The van der Waals surface area contributed by atoms with Crippen LogP contribution >= 0.6 is 46.0 Å². The van der Waals surface area contributed by atoms with Crippen LogP contribution in [-0.2, 0) is 16.0 Å². The predicted molar refractivity (Wildman–Crippen MR) is 114 cm³/mol. The summed E-state index contributed by atoms with van der Waals surface area (Å²) in [4.78, 5) is 14.2. The summed E-state index contributed by atoms with van der Waals surface area (Å²) in [5, 5.41) is 14.0. The van der Waals surface area contributed by atoms with Gasteiger partial charge in [-0.1, -0.05) is 59.7 Å². The number of anilines is 1. The molecule has 4 rings (SSSR count). The lowest BCUT2D eigenvalue weighted by Crippen LogP contribution is -2.37. The molecule has 0 spiro atoms. The van der Waals surface area contributed by atoms with Crippen molar-refractivity contribution < 1.29 is 9.18 Å². The van der Waals surface area contributed by atoms with E-state index in [0.717, 1.165) is 30.6 Å². The lowest BCUT2D eigenvalue weighted by Gasteiger charge is -2.25. The standard InChI is InChI=1S/C19H17ClFN3OS3/c20-13-5-3-6-14(21)12(13)11-27-18-24-23-17(28-18)22-16(25)19(8-1-2-9-19)15-7-4-10-26-15/h3-7,10H,1-2,8-9,11H2,(H,22,23,25). The number of carbonyl (C=O) groups is 1. The molecule has 1 N–H and O–H groups in total. The highest BCUT2D eigenvalue weighted by Gasteiger charge is 2.43. The lowest BCUT2D eigenvalue weighted by atomic mass is 9.83. The molecule has 0 saturated heterocycles. The molecular formula is C19H17ClFN3OS3. The first-order chi connectivity index (χ1) is 13.6. The molecule has 0 bridgehead atoms. The van der Waals surface area contributed by atoms with Crippen LogP contribution in [0.15, 0.2) is 40.1 Å². The second-order valence-corrected chi connectivity index (χ2v) is 10.1. The lowest BCUT2D eigenvalue weighted by molar-refractivity contribution is -0.121. The number of nitrogens with zero attached hydrogens (tertiary/aromatic N) is 2. The van der Waals surface area contributed by atoms with Crippen molar-refractivity contribution in [3.05, 3.63) is 57.0 Å². The Morgan fingerprint density at radius 2 is 2.07 bits per heavy atom. The quantitative estimate of drug-likeness (QED) is 0.360. The first-order valence-electron chi connectivity index (χ1n) is 8.83. The van der Waals surface area contributed by atoms with E-state index < -0.39 is 5.41 Å². The molecule has 1 aliphatic carbocycles. The molecule has 1 amide bonds. The van der Waals surface area contributed by atoms with E-state index in [-0.39, 0.29) is 11.7 Å². The van der Waals surface area contributed by atoms with Gasteiger partial charge >= 0.3 is 0 Å². The van der Waals surface area contributed by atoms with E-state index in [9.17, 15) is 9.18 Å². The number of rotatable bonds is 6. The van der Waals surface area contributed by atoms with Crippen LogP contribution in [0.1, 0.15) is 36.1 Å². The zero-order chi connectivity index (χ0) is 19.6. The number of amides is 1. The highest BCUT2D eigenvalue weighted by Crippen LogP contribution is 2.44. The van der Waals surface area contributed by atoms with Crippen molar-refractivity contribution in [3.8, 4) is 0 Å². The molecule has 2 aromatic heterocycles. The zero-order valence-corrected chi connectivity index (χ0v) is 18.0. The Kier molecular flexibility index (Phi) is 6.01. The first kappa shape index (κ1) is 19.8. The van der Waals surface area contributed by atoms with Crippen LogP contribution in [0.2, 0.25) is 5.02 Å². The summed E-state index contributed by atoms with van der Waals surface area (Å²) < 4.78 is 14.6. The van der Waals surface area contributed by atoms with Crippen LogP contribution in [0.25, 0.3) is 0 Å². The fraction of sp³-hybridized carbons (Fsp3) is 0.316. The molecule has 3 aromatic rings. The minimum Gasteiger partial charge on any atom is -0.300 e. The fourth-order valence-electron chi connectivity index (χ4n) is 3.45. The summed E-state index contributed by atoms with van der Waals surface area (Å²) in [5.41, 5.74) is -0.0223. The van der Waals surface area contributed by atoms with E-state index in [2.05, 4.69) is 15.5 Å². The van der Waals surface area contributed by atoms with Gasteiger partial charge in [0, 0.05) is 21.2 Å². The fourth-order valence-corrected chi connectivity index (χ4v) is 6.53. The number of hydrogen-bond donors (Lipinski definition) is 1. The topological polar surface area (TPSA) is 54.9 Å². The van der Waals surface area contributed by atoms with E-state index in [0.29, 0.717) is 25.8 Å². The Morgan fingerprint density at radius 3 is 2.79 bits per heavy atom. The van der Waals surface area contributed by atoms with E-state index in [1.165, 1.54) is 29.2 Å². The van der Waals surface area contributed by atoms with Gasteiger partial charge in [-0.05, 0) is 36.4 Å². The largest absolute Gasteiger partial charge is 0.300 e. The van der Waals surface area contributed by atoms with Crippen molar-refractivity contribution in [2.75, 3.05) is 5.32 Å². The molecule has 0 unspecified atom stereocenters. The Balaban J connectivity index is 1.44. The second kappa shape index (κ2) is 8.49. The summed E-state index contributed by atoms with van der Waals surface area (Å²) in [6.07, 6.45) is 3.80. The highest BCUT2D eigenvalue weighted by molar-refractivity contribution is 8.00. The van der Waals surface area contributed by atoms with Crippen LogP contribution in [0.4, 0.5) is 9.52 Å². The number of hydrogen-bond acceptors (Lipinski definition) is 6. The number of nitrogens with one attached hydrogen (secondary N) is 1. The Hall–Kier alpha value is -1.48. The molecule has 2 heterocycles. The molecule has 1 aromatic carbocycles. The number of thiophene rings is 1. The van der Waals surface area contributed by atoms with Gasteiger partial charge in [0.05, 0.1) is 5.41 Å². The smallest absolute Gasteiger partial charge is 0.237 e. The maximum atomic E-state index is 13.9. The minimum absolute atomic E-state index is 0.0164. The van der Waals surface area contributed by atoms with Gasteiger partial charge < -0.3 is 0 Å². The van der Waals surface area contributed by atoms with Crippen molar-refractivity contribution in [2.45, 2.75) is 41.2 Å². The van der Waals surface area contributed by atoms with Gasteiger partial charge in [0.15, 0.2) is 4.34 Å². The third-order valence-corrected chi connectivity index (χ3v) is 8.34. The Labute approximate surface area is 179 Å². The van der Waals surface area contributed by atoms with Gasteiger partial charge in [-0.3, -0.25) is 10.1 Å². The van der Waals surface area contributed by atoms with Crippen molar-refractivity contribution in [3.63, 3.8) is 0 Å². The van der Waals surface area contributed by atoms with E-state index in [1.54, 1.807) is 23.5 Å². The highest BCUT2D eigenvalue weighted by atomic mass is 35.5. The van der Waals surface area contributed by atoms with Crippen molar-refractivity contribution in [1.82, 2.24) is 10.2 Å². The molecule has 9 heteroatoms. The molecule has 28 heavy (non-hydrogen) atoms. The SMILES string of the molecule is O=C(Nc1nnc(SCc2c(F)cccc2Cl)s1)C1(c2cccs2)CCCC1. The van der Waals surface area contributed by atoms with Crippen LogP contribution in [0.5, 0.6) is 0 Å². The maximum Gasteiger partial charge on any atom is 0.237 e. The van der Waals surface area contributed by atoms with Gasteiger partial charge in [-0.2, -0.15) is 0 Å². The molecule has 146 valence electrons.